The first kappa shape index (κ1) is 19.7. The maximum atomic E-state index is 12.7. The van der Waals surface area contributed by atoms with Crippen LogP contribution < -0.4 is 14.8 Å². The van der Waals surface area contributed by atoms with Gasteiger partial charge in [0.2, 0.25) is 0 Å². The number of nitrogens with zero attached hydrogens (tertiary/aromatic N) is 2. The third kappa shape index (κ3) is 4.26. The first-order valence-corrected chi connectivity index (χ1v) is 9.27. The van der Waals surface area contributed by atoms with Crippen molar-refractivity contribution in [2.24, 2.45) is 0 Å². The Kier molecular flexibility index (Phi) is 6.17. The average Bonchev–Trinajstić information content (AvgIpc) is 2.74. The van der Waals surface area contributed by atoms with Crippen LogP contribution in [0.3, 0.4) is 0 Å². The van der Waals surface area contributed by atoms with E-state index in [0.717, 1.165) is 25.1 Å². The van der Waals surface area contributed by atoms with Gasteiger partial charge >= 0.3 is 0 Å². The third-order valence-corrected chi connectivity index (χ3v) is 5.24. The molecule has 0 radical (unpaired) electrons. The maximum absolute atomic E-state index is 12.7. The molecule has 0 bridgehead atoms. The number of nitriles is 1. The normalized spacial score (nSPS) is 19.5. The molecule has 0 unspecified atom stereocenters. The van der Waals surface area contributed by atoms with E-state index >= 15 is 0 Å². The summed E-state index contributed by atoms with van der Waals surface area (Å²) in [6.07, 6.45) is 0.859. The molecule has 6 nitrogen and oxygen atoms in total. The van der Waals surface area contributed by atoms with Crippen molar-refractivity contribution in [3.8, 4) is 17.6 Å². The largest absolute Gasteiger partial charge is 0.493 e. The molecule has 146 valence electrons. The number of carbonyl (C=O) groups is 1. The first-order chi connectivity index (χ1) is 13.5. The van der Waals surface area contributed by atoms with Gasteiger partial charge in [-0.15, -0.1) is 0 Å². The van der Waals surface area contributed by atoms with Crippen LogP contribution in [0.4, 0.5) is 0 Å². The van der Waals surface area contributed by atoms with Gasteiger partial charge in [-0.1, -0.05) is 6.07 Å². The zero-order valence-electron chi connectivity index (χ0n) is 16.4. The van der Waals surface area contributed by atoms with Crippen molar-refractivity contribution < 1.29 is 14.3 Å². The van der Waals surface area contributed by atoms with Gasteiger partial charge in [0.15, 0.2) is 11.5 Å². The van der Waals surface area contributed by atoms with E-state index in [9.17, 15) is 4.79 Å². The SMILES string of the molecule is COc1ccc([C@@H]2CN(C)CC[C@@H]2NC(=O)c2ccc(C#N)cc2)cc1OC. The highest BCUT2D eigenvalue weighted by Gasteiger charge is 2.31. The lowest BCUT2D eigenvalue weighted by Gasteiger charge is -2.37. The van der Waals surface area contributed by atoms with Crippen LogP contribution in [0.1, 0.15) is 33.8 Å². The van der Waals surface area contributed by atoms with Crippen molar-refractivity contribution in [3.63, 3.8) is 0 Å². The van der Waals surface area contributed by atoms with E-state index in [2.05, 4.69) is 23.3 Å². The van der Waals surface area contributed by atoms with Crippen molar-refractivity contribution in [1.82, 2.24) is 10.2 Å². The summed E-state index contributed by atoms with van der Waals surface area (Å²) in [7, 11) is 5.33. The number of amides is 1. The van der Waals surface area contributed by atoms with Gasteiger partial charge in [0.25, 0.3) is 5.91 Å². The van der Waals surface area contributed by atoms with Crippen molar-refractivity contribution in [2.45, 2.75) is 18.4 Å². The van der Waals surface area contributed by atoms with Gasteiger partial charge in [-0.3, -0.25) is 4.79 Å². The number of rotatable bonds is 5. The summed E-state index contributed by atoms with van der Waals surface area (Å²) in [5, 5.41) is 12.1. The number of benzene rings is 2. The second kappa shape index (κ2) is 8.77. The Morgan fingerprint density at radius 1 is 1.14 bits per heavy atom. The van der Waals surface area contributed by atoms with Crippen LogP contribution in [-0.4, -0.2) is 51.2 Å². The summed E-state index contributed by atoms with van der Waals surface area (Å²) < 4.78 is 10.8. The number of hydrogen-bond acceptors (Lipinski definition) is 5. The van der Waals surface area contributed by atoms with Gasteiger partial charge in [0.1, 0.15) is 0 Å². The molecule has 1 saturated heterocycles. The molecule has 1 heterocycles. The molecule has 1 N–H and O–H groups in total. The topological polar surface area (TPSA) is 74.6 Å². The van der Waals surface area contributed by atoms with Crippen LogP contribution in [0.15, 0.2) is 42.5 Å². The minimum Gasteiger partial charge on any atom is -0.493 e. The molecule has 1 aliphatic rings. The van der Waals surface area contributed by atoms with E-state index < -0.39 is 0 Å². The van der Waals surface area contributed by atoms with E-state index in [1.165, 1.54) is 0 Å². The van der Waals surface area contributed by atoms with Gasteiger partial charge < -0.3 is 19.7 Å². The van der Waals surface area contributed by atoms with E-state index in [0.29, 0.717) is 22.6 Å². The molecule has 0 spiro atoms. The van der Waals surface area contributed by atoms with Crippen molar-refractivity contribution in [3.05, 3.63) is 59.2 Å². The number of piperidine rings is 1. The summed E-state index contributed by atoms with van der Waals surface area (Å²) in [5.74, 6) is 1.39. The summed E-state index contributed by atoms with van der Waals surface area (Å²) in [6, 6.07) is 14.7. The highest BCUT2D eigenvalue weighted by molar-refractivity contribution is 5.94. The Morgan fingerprint density at radius 3 is 2.50 bits per heavy atom. The molecule has 6 heteroatoms. The molecule has 2 atom stereocenters. The van der Waals surface area contributed by atoms with Gasteiger partial charge in [-0.25, -0.2) is 0 Å². The number of nitrogens with one attached hydrogen (secondary N) is 1. The quantitative estimate of drug-likeness (QED) is 0.865. The van der Waals surface area contributed by atoms with Crippen LogP contribution in [0.5, 0.6) is 11.5 Å². The predicted molar refractivity (Wildman–Crippen MR) is 107 cm³/mol. The highest BCUT2D eigenvalue weighted by atomic mass is 16.5. The number of likely N-dealkylation sites (N-methyl/N-ethyl adjacent to an activating group) is 1. The van der Waals surface area contributed by atoms with Crippen LogP contribution in [-0.2, 0) is 0 Å². The zero-order valence-corrected chi connectivity index (χ0v) is 16.4. The molecule has 1 amide bonds. The standard InChI is InChI=1S/C22H25N3O3/c1-25-11-10-19(24-22(26)16-6-4-15(13-23)5-7-16)18(14-25)17-8-9-20(27-2)21(12-17)28-3/h4-9,12,18-19H,10-11,14H2,1-3H3,(H,24,26)/t18-,19-/m0/s1. The molecule has 0 saturated carbocycles. The molecule has 2 aromatic rings. The van der Waals surface area contributed by atoms with E-state index in [1.807, 2.05) is 18.2 Å². The molecule has 0 aromatic heterocycles. The fourth-order valence-corrected chi connectivity index (χ4v) is 3.66. The minimum absolute atomic E-state index is 0.0115. The van der Waals surface area contributed by atoms with Crippen molar-refractivity contribution in [2.75, 3.05) is 34.4 Å². The Bertz CT molecular complexity index is 874. The van der Waals surface area contributed by atoms with E-state index in [1.54, 1.807) is 38.5 Å². The minimum atomic E-state index is -0.121. The smallest absolute Gasteiger partial charge is 0.251 e. The van der Waals surface area contributed by atoms with E-state index in [4.69, 9.17) is 14.7 Å². The van der Waals surface area contributed by atoms with Gasteiger partial charge in [-0.2, -0.15) is 5.26 Å². The van der Waals surface area contributed by atoms with Crippen LogP contribution in [0, 0.1) is 11.3 Å². The Morgan fingerprint density at radius 2 is 1.86 bits per heavy atom. The van der Waals surface area contributed by atoms with Crippen LogP contribution >= 0.6 is 0 Å². The molecule has 3 rings (SSSR count). The lowest BCUT2D eigenvalue weighted by atomic mass is 9.85. The fourth-order valence-electron chi connectivity index (χ4n) is 3.66. The molecule has 2 aromatic carbocycles. The van der Waals surface area contributed by atoms with E-state index in [-0.39, 0.29) is 17.9 Å². The van der Waals surface area contributed by atoms with Gasteiger partial charge in [0, 0.05) is 24.1 Å². The third-order valence-electron chi connectivity index (χ3n) is 5.24. The molecule has 0 aliphatic carbocycles. The number of ether oxygens (including phenoxy) is 2. The Labute approximate surface area is 165 Å². The first-order valence-electron chi connectivity index (χ1n) is 9.27. The second-order valence-corrected chi connectivity index (χ2v) is 7.04. The Hall–Kier alpha value is -3.04. The summed E-state index contributed by atoms with van der Waals surface area (Å²) in [4.78, 5) is 15.0. The predicted octanol–water partition coefficient (Wildman–Crippen LogP) is 2.79. The molecule has 1 fully saturated rings. The Balaban J connectivity index is 1.82. The molecular weight excluding hydrogens is 354 g/mol. The zero-order chi connectivity index (χ0) is 20.1. The average molecular weight is 379 g/mol. The monoisotopic (exact) mass is 379 g/mol. The maximum Gasteiger partial charge on any atom is 0.251 e. The van der Waals surface area contributed by atoms with Crippen molar-refractivity contribution >= 4 is 5.91 Å². The number of likely N-dealkylation sites (tertiary alicyclic amines) is 1. The van der Waals surface area contributed by atoms with Gasteiger partial charge in [-0.05, 0) is 62.0 Å². The molecule has 28 heavy (non-hydrogen) atoms. The number of hydrogen-bond donors (Lipinski definition) is 1. The molecular formula is C22H25N3O3. The summed E-state index contributed by atoms with van der Waals surface area (Å²) in [6.45, 7) is 1.76. The lowest BCUT2D eigenvalue weighted by molar-refractivity contribution is 0.0904. The van der Waals surface area contributed by atoms with Gasteiger partial charge in [0.05, 0.1) is 25.9 Å². The van der Waals surface area contributed by atoms with Crippen molar-refractivity contribution in [1.29, 1.82) is 5.26 Å². The fraction of sp³-hybridized carbons (Fsp3) is 0.364. The highest BCUT2D eigenvalue weighted by Crippen LogP contribution is 2.34. The summed E-state index contributed by atoms with van der Waals surface area (Å²) >= 11 is 0. The number of carbonyl (C=O) groups excluding carboxylic acids is 1. The summed E-state index contributed by atoms with van der Waals surface area (Å²) in [5.41, 5.74) is 2.21. The second-order valence-electron chi connectivity index (χ2n) is 7.04. The molecule has 1 aliphatic heterocycles. The van der Waals surface area contributed by atoms with Crippen LogP contribution in [0.25, 0.3) is 0 Å². The number of methoxy groups -OCH3 is 2. The lowest BCUT2D eigenvalue weighted by Crippen LogP contribution is -2.48. The van der Waals surface area contributed by atoms with Crippen LogP contribution in [0.2, 0.25) is 0 Å².